The average molecular weight is 318 g/mol. The smallest absolute Gasteiger partial charge is 0.150 e. The van der Waals surface area contributed by atoms with Crippen molar-refractivity contribution < 1.29 is 4.79 Å². The largest absolute Gasteiger partial charge is 0.343 e. The molecule has 0 amide bonds. The topological polar surface area (TPSA) is 20.3 Å². The van der Waals surface area contributed by atoms with Crippen molar-refractivity contribution in [3.63, 3.8) is 0 Å². The van der Waals surface area contributed by atoms with Gasteiger partial charge in [0.2, 0.25) is 0 Å². The highest BCUT2D eigenvalue weighted by molar-refractivity contribution is 9.10. The molecule has 0 unspecified atom stereocenters. The lowest BCUT2D eigenvalue weighted by Crippen LogP contribution is -2.11. The summed E-state index contributed by atoms with van der Waals surface area (Å²) < 4.78 is 0.916. The Balaban J connectivity index is 2.43. The Morgan fingerprint density at radius 1 is 1.05 bits per heavy atom. The molecular weight excluding hydrogens is 302 g/mol. The highest BCUT2D eigenvalue weighted by Gasteiger charge is 2.10. The Bertz CT molecular complexity index is 622. The molecule has 0 saturated heterocycles. The van der Waals surface area contributed by atoms with Crippen molar-refractivity contribution in [1.82, 2.24) is 0 Å². The second-order valence-electron chi connectivity index (χ2n) is 4.68. The Morgan fingerprint density at radius 3 is 2.32 bits per heavy atom. The molecular formula is C16H16BrNO. The minimum atomic E-state index is 0.671. The Kier molecular flexibility index (Phi) is 4.05. The number of benzene rings is 2. The van der Waals surface area contributed by atoms with E-state index in [0.29, 0.717) is 5.56 Å². The normalized spacial score (nSPS) is 10.3. The van der Waals surface area contributed by atoms with Crippen LogP contribution in [0.15, 0.2) is 40.9 Å². The van der Waals surface area contributed by atoms with Gasteiger partial charge in [-0.2, -0.15) is 0 Å². The van der Waals surface area contributed by atoms with E-state index in [1.165, 1.54) is 11.1 Å². The second kappa shape index (κ2) is 5.57. The minimum absolute atomic E-state index is 0.671. The van der Waals surface area contributed by atoms with Crippen LogP contribution in [0.2, 0.25) is 0 Å². The summed E-state index contributed by atoms with van der Waals surface area (Å²) in [6, 6.07) is 12.0. The van der Waals surface area contributed by atoms with E-state index in [2.05, 4.69) is 52.9 Å². The SMILES string of the molecule is Cc1ccc(N(C)c2ccc(C=O)cc2Br)c(C)c1. The van der Waals surface area contributed by atoms with Crippen molar-refractivity contribution in [3.8, 4) is 0 Å². The number of aldehydes is 1. The monoisotopic (exact) mass is 317 g/mol. The first-order valence-corrected chi connectivity index (χ1v) is 6.88. The van der Waals surface area contributed by atoms with Gasteiger partial charge in [-0.25, -0.2) is 0 Å². The molecule has 2 aromatic carbocycles. The summed E-state index contributed by atoms with van der Waals surface area (Å²) in [6.07, 6.45) is 0.853. The van der Waals surface area contributed by atoms with Crippen LogP contribution in [0, 0.1) is 13.8 Å². The lowest BCUT2D eigenvalue weighted by Gasteiger charge is -2.23. The summed E-state index contributed by atoms with van der Waals surface area (Å²) >= 11 is 3.52. The molecule has 0 aliphatic rings. The first-order chi connectivity index (χ1) is 9.02. The van der Waals surface area contributed by atoms with Gasteiger partial charge in [0.25, 0.3) is 0 Å². The van der Waals surface area contributed by atoms with E-state index in [9.17, 15) is 4.79 Å². The molecule has 98 valence electrons. The Labute approximate surface area is 122 Å². The van der Waals surface area contributed by atoms with Crippen LogP contribution in [-0.2, 0) is 0 Å². The van der Waals surface area contributed by atoms with Gasteiger partial charge >= 0.3 is 0 Å². The van der Waals surface area contributed by atoms with E-state index >= 15 is 0 Å². The molecule has 2 rings (SSSR count). The zero-order valence-corrected chi connectivity index (χ0v) is 12.9. The summed E-state index contributed by atoms with van der Waals surface area (Å²) in [7, 11) is 2.03. The van der Waals surface area contributed by atoms with Gasteiger partial charge in [-0.05, 0) is 59.6 Å². The lowest BCUT2D eigenvalue weighted by molar-refractivity contribution is 0.112. The van der Waals surface area contributed by atoms with Crippen molar-refractivity contribution in [3.05, 3.63) is 57.6 Å². The molecule has 0 atom stereocenters. The third-order valence-corrected chi connectivity index (χ3v) is 3.82. The molecule has 0 aromatic heterocycles. The molecule has 0 N–H and O–H groups in total. The maximum Gasteiger partial charge on any atom is 0.150 e. The zero-order chi connectivity index (χ0) is 14.0. The number of rotatable bonds is 3. The van der Waals surface area contributed by atoms with Gasteiger partial charge in [0.05, 0.1) is 5.69 Å². The van der Waals surface area contributed by atoms with Crippen LogP contribution >= 0.6 is 15.9 Å². The van der Waals surface area contributed by atoms with Gasteiger partial charge in [0.1, 0.15) is 6.29 Å². The van der Waals surface area contributed by atoms with Crippen LogP contribution in [0.5, 0.6) is 0 Å². The van der Waals surface area contributed by atoms with E-state index < -0.39 is 0 Å². The van der Waals surface area contributed by atoms with E-state index in [-0.39, 0.29) is 0 Å². The molecule has 0 aliphatic carbocycles. The van der Waals surface area contributed by atoms with Crippen molar-refractivity contribution in [2.24, 2.45) is 0 Å². The van der Waals surface area contributed by atoms with Crippen LogP contribution in [0.1, 0.15) is 21.5 Å². The first kappa shape index (κ1) is 13.8. The molecule has 2 aromatic rings. The summed E-state index contributed by atoms with van der Waals surface area (Å²) in [4.78, 5) is 12.9. The number of hydrogen-bond acceptors (Lipinski definition) is 2. The number of aryl methyl sites for hydroxylation is 2. The lowest BCUT2D eigenvalue weighted by atomic mass is 10.1. The van der Waals surface area contributed by atoms with Gasteiger partial charge < -0.3 is 4.90 Å². The summed E-state index contributed by atoms with van der Waals surface area (Å²) in [5, 5.41) is 0. The third-order valence-electron chi connectivity index (χ3n) is 3.18. The van der Waals surface area contributed by atoms with Crippen LogP contribution in [0.4, 0.5) is 11.4 Å². The van der Waals surface area contributed by atoms with Crippen molar-refractivity contribution >= 4 is 33.6 Å². The van der Waals surface area contributed by atoms with Gasteiger partial charge in [0.15, 0.2) is 0 Å². The van der Waals surface area contributed by atoms with Crippen molar-refractivity contribution in [2.45, 2.75) is 13.8 Å². The molecule has 0 aliphatic heterocycles. The van der Waals surface area contributed by atoms with Crippen molar-refractivity contribution in [2.75, 3.05) is 11.9 Å². The molecule has 3 heteroatoms. The predicted octanol–water partition coefficient (Wildman–Crippen LogP) is 4.65. The third kappa shape index (κ3) is 2.87. The first-order valence-electron chi connectivity index (χ1n) is 6.08. The van der Waals surface area contributed by atoms with E-state index in [0.717, 1.165) is 22.1 Å². The summed E-state index contributed by atoms with van der Waals surface area (Å²) in [6.45, 7) is 4.19. The van der Waals surface area contributed by atoms with E-state index in [4.69, 9.17) is 0 Å². The number of halogens is 1. The Hall–Kier alpha value is -1.61. The molecule has 0 spiro atoms. The van der Waals surface area contributed by atoms with Gasteiger partial charge in [-0.1, -0.05) is 17.7 Å². The van der Waals surface area contributed by atoms with Gasteiger partial charge in [-0.15, -0.1) is 0 Å². The van der Waals surface area contributed by atoms with Crippen LogP contribution in [0.3, 0.4) is 0 Å². The average Bonchev–Trinajstić information content (AvgIpc) is 2.37. The fraction of sp³-hybridized carbons (Fsp3) is 0.188. The fourth-order valence-electron chi connectivity index (χ4n) is 2.18. The highest BCUT2D eigenvalue weighted by atomic mass is 79.9. The van der Waals surface area contributed by atoms with Crippen LogP contribution < -0.4 is 4.90 Å². The number of carbonyl (C=O) groups is 1. The van der Waals surface area contributed by atoms with Crippen LogP contribution in [-0.4, -0.2) is 13.3 Å². The molecule has 0 heterocycles. The highest BCUT2D eigenvalue weighted by Crippen LogP contribution is 2.33. The standard InChI is InChI=1S/C16H16BrNO/c1-11-4-6-15(12(2)8-11)18(3)16-7-5-13(10-19)9-14(16)17/h4-10H,1-3H3. The van der Waals surface area contributed by atoms with Gasteiger partial charge in [-0.3, -0.25) is 4.79 Å². The quantitative estimate of drug-likeness (QED) is 0.768. The van der Waals surface area contributed by atoms with E-state index in [1.807, 2.05) is 25.2 Å². The Morgan fingerprint density at radius 2 is 1.74 bits per heavy atom. The second-order valence-corrected chi connectivity index (χ2v) is 5.53. The maximum atomic E-state index is 10.8. The number of carbonyl (C=O) groups excluding carboxylic acids is 1. The zero-order valence-electron chi connectivity index (χ0n) is 11.3. The number of nitrogens with zero attached hydrogens (tertiary/aromatic N) is 1. The molecule has 0 fully saturated rings. The van der Waals surface area contributed by atoms with Crippen molar-refractivity contribution in [1.29, 1.82) is 0 Å². The number of hydrogen-bond donors (Lipinski definition) is 0. The van der Waals surface area contributed by atoms with Crippen LogP contribution in [0.25, 0.3) is 0 Å². The molecule has 0 bridgehead atoms. The molecule has 0 saturated carbocycles. The molecule has 0 radical (unpaired) electrons. The summed E-state index contributed by atoms with van der Waals surface area (Å²) in [5.41, 5.74) is 5.35. The number of anilines is 2. The van der Waals surface area contributed by atoms with E-state index in [1.54, 1.807) is 0 Å². The maximum absolute atomic E-state index is 10.8. The molecule has 2 nitrogen and oxygen atoms in total. The van der Waals surface area contributed by atoms with Gasteiger partial charge in [0, 0.05) is 22.8 Å². The predicted molar refractivity (Wildman–Crippen MR) is 83.5 cm³/mol. The fourth-order valence-corrected chi connectivity index (χ4v) is 2.84. The minimum Gasteiger partial charge on any atom is -0.343 e. The summed E-state index contributed by atoms with van der Waals surface area (Å²) in [5.74, 6) is 0. The molecule has 19 heavy (non-hydrogen) atoms.